The van der Waals surface area contributed by atoms with Crippen LogP contribution >= 0.6 is 15.9 Å². The number of rotatable bonds is 3. The molecule has 2 bridgehead atoms. The molecule has 19 heavy (non-hydrogen) atoms. The van der Waals surface area contributed by atoms with Gasteiger partial charge < -0.3 is 10.6 Å². The van der Waals surface area contributed by atoms with Gasteiger partial charge in [-0.25, -0.2) is 0 Å². The van der Waals surface area contributed by atoms with Crippen molar-refractivity contribution in [2.24, 2.45) is 11.7 Å². The molecule has 104 valence electrons. The molecule has 0 saturated carbocycles. The zero-order valence-electron chi connectivity index (χ0n) is 11.6. The van der Waals surface area contributed by atoms with Gasteiger partial charge >= 0.3 is 0 Å². The number of hydrogen-bond acceptors (Lipinski definition) is 2. The van der Waals surface area contributed by atoms with Gasteiger partial charge in [-0.1, -0.05) is 15.9 Å². The van der Waals surface area contributed by atoms with Crippen LogP contribution < -0.4 is 10.6 Å². The molecular weight excluding hydrogens is 300 g/mol. The van der Waals surface area contributed by atoms with Crippen molar-refractivity contribution in [2.45, 2.75) is 51.1 Å². The Hall–Kier alpha value is -0.540. The van der Waals surface area contributed by atoms with Crippen LogP contribution in [-0.2, 0) is 0 Å². The summed E-state index contributed by atoms with van der Waals surface area (Å²) in [4.78, 5) is 2.69. The maximum atomic E-state index is 5.73. The van der Waals surface area contributed by atoms with E-state index in [4.69, 9.17) is 5.73 Å². The van der Waals surface area contributed by atoms with E-state index in [-0.39, 0.29) is 0 Å². The Labute approximate surface area is 124 Å². The van der Waals surface area contributed by atoms with Gasteiger partial charge in [0.05, 0.1) is 0 Å². The molecule has 3 heteroatoms. The predicted octanol–water partition coefficient (Wildman–Crippen LogP) is 3.85. The van der Waals surface area contributed by atoms with Gasteiger partial charge in [-0.05, 0) is 75.3 Å². The van der Waals surface area contributed by atoms with Crippen LogP contribution in [0.1, 0.15) is 37.7 Å². The van der Waals surface area contributed by atoms with Gasteiger partial charge in [0.15, 0.2) is 0 Å². The Balaban J connectivity index is 1.81. The molecule has 1 aromatic rings. The van der Waals surface area contributed by atoms with Gasteiger partial charge in [0.25, 0.3) is 0 Å². The first kappa shape index (κ1) is 13.4. The maximum absolute atomic E-state index is 5.73. The average molecular weight is 323 g/mol. The summed E-state index contributed by atoms with van der Waals surface area (Å²) in [5, 5.41) is 0. The number of aryl methyl sites for hydroxylation is 1. The summed E-state index contributed by atoms with van der Waals surface area (Å²) in [5.74, 6) is 0.857. The number of piperidine rings is 1. The van der Waals surface area contributed by atoms with Crippen molar-refractivity contribution in [3.8, 4) is 0 Å². The second kappa shape index (κ2) is 5.45. The number of halogens is 1. The summed E-state index contributed by atoms with van der Waals surface area (Å²) in [6.07, 6.45) is 6.60. The van der Waals surface area contributed by atoms with Crippen molar-refractivity contribution >= 4 is 21.6 Å². The van der Waals surface area contributed by atoms with Crippen molar-refractivity contribution < 1.29 is 0 Å². The van der Waals surface area contributed by atoms with E-state index in [1.165, 1.54) is 47.8 Å². The summed E-state index contributed by atoms with van der Waals surface area (Å²) in [6.45, 7) is 3.03. The highest BCUT2D eigenvalue weighted by Crippen LogP contribution is 2.43. The summed E-state index contributed by atoms with van der Waals surface area (Å²) in [6, 6.07) is 8.28. The van der Waals surface area contributed by atoms with Crippen LogP contribution in [0.25, 0.3) is 0 Å². The number of anilines is 1. The Morgan fingerprint density at radius 2 is 1.95 bits per heavy atom. The summed E-state index contributed by atoms with van der Waals surface area (Å²) in [7, 11) is 0. The van der Waals surface area contributed by atoms with Crippen LogP contribution in [0.4, 0.5) is 5.69 Å². The molecule has 2 heterocycles. The number of fused-ring (bicyclic) bond motifs is 2. The number of hydrogen-bond donors (Lipinski definition) is 1. The molecule has 2 aliphatic heterocycles. The molecule has 2 unspecified atom stereocenters. The molecule has 2 saturated heterocycles. The molecule has 0 radical (unpaired) electrons. The van der Waals surface area contributed by atoms with Crippen LogP contribution in [0.15, 0.2) is 22.7 Å². The lowest BCUT2D eigenvalue weighted by Crippen LogP contribution is -2.43. The molecule has 2 aliphatic rings. The van der Waals surface area contributed by atoms with E-state index in [0.717, 1.165) is 24.5 Å². The van der Waals surface area contributed by atoms with Gasteiger partial charge in [-0.3, -0.25) is 0 Å². The van der Waals surface area contributed by atoms with Crippen molar-refractivity contribution in [2.75, 3.05) is 11.4 Å². The molecule has 1 aromatic carbocycles. The van der Waals surface area contributed by atoms with Crippen LogP contribution in [0.5, 0.6) is 0 Å². The number of nitrogens with two attached hydrogens (primary N) is 1. The first-order chi connectivity index (χ1) is 9.19. The normalized spacial score (nSPS) is 29.8. The highest BCUT2D eigenvalue weighted by atomic mass is 79.9. The maximum Gasteiger partial charge on any atom is 0.0374 e. The third-order valence-corrected chi connectivity index (χ3v) is 5.74. The van der Waals surface area contributed by atoms with Gasteiger partial charge in [-0.2, -0.15) is 0 Å². The largest absolute Gasteiger partial charge is 0.366 e. The zero-order chi connectivity index (χ0) is 13.4. The second-order valence-electron chi connectivity index (χ2n) is 6.14. The first-order valence-corrected chi connectivity index (χ1v) is 8.23. The molecule has 0 aromatic heterocycles. The van der Waals surface area contributed by atoms with Crippen LogP contribution in [-0.4, -0.2) is 18.6 Å². The molecule has 2 fully saturated rings. The fourth-order valence-electron chi connectivity index (χ4n) is 3.97. The molecule has 0 amide bonds. The smallest absolute Gasteiger partial charge is 0.0374 e. The van der Waals surface area contributed by atoms with E-state index in [9.17, 15) is 0 Å². The molecular formula is C16H23BrN2. The van der Waals surface area contributed by atoms with Crippen LogP contribution in [0, 0.1) is 12.8 Å². The third kappa shape index (κ3) is 2.55. The summed E-state index contributed by atoms with van der Waals surface area (Å²) >= 11 is 3.60. The van der Waals surface area contributed by atoms with E-state index in [1.807, 2.05) is 0 Å². The Morgan fingerprint density at radius 1 is 1.26 bits per heavy atom. The molecule has 0 spiro atoms. The molecule has 2 atom stereocenters. The van der Waals surface area contributed by atoms with Gasteiger partial charge in [0.2, 0.25) is 0 Å². The minimum atomic E-state index is 0.746. The molecule has 3 rings (SSSR count). The molecule has 2 N–H and O–H groups in total. The minimum Gasteiger partial charge on any atom is -0.366 e. The molecule has 0 aliphatic carbocycles. The monoisotopic (exact) mass is 322 g/mol. The van der Waals surface area contributed by atoms with E-state index in [1.54, 1.807) is 0 Å². The van der Waals surface area contributed by atoms with E-state index in [0.29, 0.717) is 0 Å². The Kier molecular flexibility index (Phi) is 3.86. The van der Waals surface area contributed by atoms with E-state index >= 15 is 0 Å². The topological polar surface area (TPSA) is 29.3 Å². The number of nitrogens with zero attached hydrogens (tertiary/aromatic N) is 1. The Bertz CT molecular complexity index is 446. The van der Waals surface area contributed by atoms with E-state index in [2.05, 4.69) is 46.0 Å². The fourth-order valence-corrected chi connectivity index (χ4v) is 4.22. The zero-order valence-corrected chi connectivity index (χ0v) is 13.2. The van der Waals surface area contributed by atoms with E-state index < -0.39 is 0 Å². The first-order valence-electron chi connectivity index (χ1n) is 7.43. The van der Waals surface area contributed by atoms with Crippen LogP contribution in [0.3, 0.4) is 0 Å². The molecule has 2 nitrogen and oxygen atoms in total. The van der Waals surface area contributed by atoms with Crippen LogP contribution in [0.2, 0.25) is 0 Å². The lowest BCUT2D eigenvalue weighted by molar-refractivity contribution is 0.326. The highest BCUT2D eigenvalue weighted by Gasteiger charge is 2.40. The van der Waals surface area contributed by atoms with Gasteiger partial charge in [-0.15, -0.1) is 0 Å². The van der Waals surface area contributed by atoms with Gasteiger partial charge in [0, 0.05) is 22.2 Å². The lowest BCUT2D eigenvalue weighted by Gasteiger charge is -2.41. The Morgan fingerprint density at radius 3 is 2.53 bits per heavy atom. The van der Waals surface area contributed by atoms with Crippen molar-refractivity contribution in [1.29, 1.82) is 0 Å². The van der Waals surface area contributed by atoms with Gasteiger partial charge in [0.1, 0.15) is 0 Å². The van der Waals surface area contributed by atoms with Crippen molar-refractivity contribution in [3.63, 3.8) is 0 Å². The second-order valence-corrected chi connectivity index (χ2v) is 6.99. The summed E-state index contributed by atoms with van der Waals surface area (Å²) < 4.78 is 1.21. The summed E-state index contributed by atoms with van der Waals surface area (Å²) in [5.41, 5.74) is 8.48. The standard InChI is InChI=1S/C16H23BrN2/c1-11-8-13(4-5-16(11)17)19-14-2-3-15(19)10-12(9-14)6-7-18/h4-5,8,12,14-15H,2-3,6-7,9-10,18H2,1H3. The van der Waals surface area contributed by atoms with Crippen molar-refractivity contribution in [1.82, 2.24) is 0 Å². The SMILES string of the molecule is Cc1cc(N2C3CCC2CC(CCN)C3)ccc1Br. The fraction of sp³-hybridized carbons (Fsp3) is 0.625. The highest BCUT2D eigenvalue weighted by molar-refractivity contribution is 9.10. The lowest BCUT2D eigenvalue weighted by atomic mass is 9.88. The quantitative estimate of drug-likeness (QED) is 0.915. The number of benzene rings is 1. The van der Waals surface area contributed by atoms with Crippen molar-refractivity contribution in [3.05, 3.63) is 28.2 Å². The minimum absolute atomic E-state index is 0.746. The average Bonchev–Trinajstić information content (AvgIpc) is 2.65. The predicted molar refractivity (Wildman–Crippen MR) is 84.6 cm³/mol. The third-order valence-electron chi connectivity index (χ3n) is 4.85.